The number of carboxylic acid groups (broad SMARTS) is 1. The molecule has 6 N–H and O–H groups in total. The van der Waals surface area contributed by atoms with E-state index in [9.17, 15) is 19.2 Å². The van der Waals surface area contributed by atoms with Crippen LogP contribution >= 0.6 is 24.4 Å². The van der Waals surface area contributed by atoms with Crippen molar-refractivity contribution in [3.8, 4) is 0 Å². The summed E-state index contributed by atoms with van der Waals surface area (Å²) in [5, 5.41) is 15.9. The molecule has 0 aromatic rings. The summed E-state index contributed by atoms with van der Waals surface area (Å²) in [6.07, 6.45) is 2.16. The molecule has 0 aliphatic carbocycles. The Morgan fingerprint density at radius 1 is 1.08 bits per heavy atom. The number of hydrogen-bond donors (Lipinski definition) is 6. The molecule has 0 spiro atoms. The predicted octanol–water partition coefficient (Wildman–Crippen LogP) is -1.18. The van der Waals surface area contributed by atoms with E-state index >= 15 is 0 Å². The number of rotatable bonds is 12. The Kier molecular flexibility index (Phi) is 12.1. The van der Waals surface area contributed by atoms with Crippen molar-refractivity contribution in [2.45, 2.75) is 38.4 Å². The van der Waals surface area contributed by atoms with Crippen LogP contribution in [0.3, 0.4) is 0 Å². The number of carbonyl (C=O) groups excluding carboxylic acids is 3. The fourth-order valence-corrected chi connectivity index (χ4v) is 2.56. The van der Waals surface area contributed by atoms with Crippen molar-refractivity contribution in [1.29, 1.82) is 0 Å². The average molecular weight is 409 g/mol. The molecule has 3 unspecified atom stereocenters. The smallest absolute Gasteiger partial charge is 0.322 e. The van der Waals surface area contributed by atoms with Gasteiger partial charge in [-0.1, -0.05) is 13.8 Å². The van der Waals surface area contributed by atoms with Gasteiger partial charge in [0.05, 0.1) is 6.04 Å². The third-order valence-corrected chi connectivity index (χ3v) is 4.50. The van der Waals surface area contributed by atoms with Gasteiger partial charge in [0.1, 0.15) is 18.6 Å². The van der Waals surface area contributed by atoms with E-state index in [1.54, 1.807) is 13.8 Å². The van der Waals surface area contributed by atoms with Gasteiger partial charge in [-0.3, -0.25) is 19.2 Å². The highest BCUT2D eigenvalue weighted by Crippen LogP contribution is 2.03. The van der Waals surface area contributed by atoms with Gasteiger partial charge in [-0.05, 0) is 24.3 Å². The lowest BCUT2D eigenvalue weighted by atomic mass is 10.0. The Morgan fingerprint density at radius 3 is 2.12 bits per heavy atom. The van der Waals surface area contributed by atoms with Crippen LogP contribution < -0.4 is 21.7 Å². The molecule has 3 amide bonds. The number of thioether (sulfide) groups is 1. The van der Waals surface area contributed by atoms with Crippen molar-refractivity contribution in [2.75, 3.05) is 24.3 Å². The second-order valence-corrected chi connectivity index (χ2v) is 7.32. The second-order valence-electron chi connectivity index (χ2n) is 5.97. The standard InChI is InChI=1S/C15H28N4O5S2/c1-8(2)12(16)15(24)19-10(7-25)14(23)18-9(4-5-26-3)13(22)17-6-11(20)21/h8-10,12,25H,4-7,16H2,1-3H3,(H,17,22)(H,18,23)(H,19,24)(H,20,21). The molecule has 9 nitrogen and oxygen atoms in total. The Bertz CT molecular complexity index is 504. The lowest BCUT2D eigenvalue weighted by Gasteiger charge is -2.23. The molecule has 0 rings (SSSR count). The maximum atomic E-state index is 12.4. The van der Waals surface area contributed by atoms with E-state index in [1.165, 1.54) is 11.8 Å². The molecule has 150 valence electrons. The van der Waals surface area contributed by atoms with E-state index in [1.807, 2.05) is 6.26 Å². The van der Waals surface area contributed by atoms with Crippen molar-refractivity contribution < 1.29 is 24.3 Å². The zero-order valence-corrected chi connectivity index (χ0v) is 16.9. The average Bonchev–Trinajstić information content (AvgIpc) is 2.59. The first-order chi connectivity index (χ1) is 12.1. The summed E-state index contributed by atoms with van der Waals surface area (Å²) in [5.41, 5.74) is 5.76. The number of hydrogen-bond acceptors (Lipinski definition) is 7. The normalized spacial score (nSPS) is 14.2. The molecule has 0 aromatic heterocycles. The van der Waals surface area contributed by atoms with E-state index in [0.717, 1.165) is 0 Å². The van der Waals surface area contributed by atoms with Crippen LogP contribution in [0.4, 0.5) is 0 Å². The van der Waals surface area contributed by atoms with Crippen molar-refractivity contribution in [1.82, 2.24) is 16.0 Å². The molecule has 0 saturated heterocycles. The van der Waals surface area contributed by atoms with E-state index in [0.29, 0.717) is 12.2 Å². The fourth-order valence-electron chi connectivity index (χ4n) is 1.83. The molecule has 0 aromatic carbocycles. The van der Waals surface area contributed by atoms with Crippen molar-refractivity contribution >= 4 is 48.1 Å². The summed E-state index contributed by atoms with van der Waals surface area (Å²) in [7, 11) is 0. The van der Waals surface area contributed by atoms with Crippen molar-refractivity contribution in [3.05, 3.63) is 0 Å². The van der Waals surface area contributed by atoms with Gasteiger partial charge in [0.25, 0.3) is 0 Å². The number of nitrogens with two attached hydrogens (primary N) is 1. The van der Waals surface area contributed by atoms with Gasteiger partial charge in [-0.15, -0.1) is 0 Å². The summed E-state index contributed by atoms with van der Waals surface area (Å²) in [4.78, 5) is 47.1. The molecule has 11 heteroatoms. The van der Waals surface area contributed by atoms with E-state index in [2.05, 4.69) is 28.6 Å². The number of carboxylic acids is 1. The molecule has 0 fully saturated rings. The molecule has 26 heavy (non-hydrogen) atoms. The molecule has 0 radical (unpaired) electrons. The number of carbonyl (C=O) groups is 4. The van der Waals surface area contributed by atoms with Gasteiger partial charge in [-0.25, -0.2) is 0 Å². The van der Waals surface area contributed by atoms with Gasteiger partial charge in [0.15, 0.2) is 0 Å². The molecule has 0 saturated carbocycles. The highest BCUT2D eigenvalue weighted by atomic mass is 32.2. The number of aliphatic carboxylic acids is 1. The quantitative estimate of drug-likeness (QED) is 0.223. The number of nitrogens with one attached hydrogen (secondary N) is 3. The zero-order valence-electron chi connectivity index (χ0n) is 15.2. The topological polar surface area (TPSA) is 151 Å². The second kappa shape index (κ2) is 12.8. The van der Waals surface area contributed by atoms with Gasteiger partial charge in [0, 0.05) is 5.75 Å². The molecular formula is C15H28N4O5S2. The highest BCUT2D eigenvalue weighted by Gasteiger charge is 2.28. The van der Waals surface area contributed by atoms with Gasteiger partial charge < -0.3 is 26.8 Å². The van der Waals surface area contributed by atoms with Crippen molar-refractivity contribution in [2.24, 2.45) is 11.7 Å². The summed E-state index contributed by atoms with van der Waals surface area (Å²) < 4.78 is 0. The van der Waals surface area contributed by atoms with Gasteiger partial charge in [-0.2, -0.15) is 24.4 Å². The third kappa shape index (κ3) is 9.30. The molecule has 0 aliphatic rings. The van der Waals surface area contributed by atoms with Crippen LogP contribution in [-0.4, -0.2) is 71.2 Å². The molecule has 0 heterocycles. The van der Waals surface area contributed by atoms with Crippen LogP contribution in [0.1, 0.15) is 20.3 Å². The first-order valence-electron chi connectivity index (χ1n) is 8.09. The van der Waals surface area contributed by atoms with E-state index in [-0.39, 0.29) is 11.7 Å². The first-order valence-corrected chi connectivity index (χ1v) is 10.1. The highest BCUT2D eigenvalue weighted by molar-refractivity contribution is 7.98. The minimum atomic E-state index is -1.18. The van der Waals surface area contributed by atoms with E-state index < -0.39 is 48.4 Å². The minimum Gasteiger partial charge on any atom is -0.480 e. The Labute approximate surface area is 163 Å². The molecular weight excluding hydrogens is 380 g/mol. The Hall–Kier alpha value is -1.46. The monoisotopic (exact) mass is 408 g/mol. The number of amides is 3. The lowest BCUT2D eigenvalue weighted by Crippen LogP contribution is -2.57. The minimum absolute atomic E-state index is 0.0222. The van der Waals surface area contributed by atoms with Crippen LogP contribution in [0, 0.1) is 5.92 Å². The zero-order chi connectivity index (χ0) is 20.3. The summed E-state index contributed by atoms with van der Waals surface area (Å²) in [5.74, 6) is -2.34. The van der Waals surface area contributed by atoms with E-state index in [4.69, 9.17) is 10.8 Å². The van der Waals surface area contributed by atoms with Crippen LogP contribution in [0.2, 0.25) is 0 Å². The maximum Gasteiger partial charge on any atom is 0.322 e. The molecule has 3 atom stereocenters. The molecule has 0 bridgehead atoms. The molecule has 0 aliphatic heterocycles. The number of thiol groups is 1. The Balaban J connectivity index is 4.92. The Morgan fingerprint density at radius 2 is 1.65 bits per heavy atom. The first kappa shape index (κ1) is 24.5. The summed E-state index contributed by atoms with van der Waals surface area (Å²) in [6, 6.07) is -2.64. The fraction of sp³-hybridized carbons (Fsp3) is 0.733. The van der Waals surface area contributed by atoms with Gasteiger partial charge >= 0.3 is 5.97 Å². The predicted molar refractivity (Wildman–Crippen MR) is 104 cm³/mol. The lowest BCUT2D eigenvalue weighted by molar-refractivity contribution is -0.138. The summed E-state index contributed by atoms with van der Waals surface area (Å²) in [6.45, 7) is 3.02. The SMILES string of the molecule is CSCCC(NC(=O)C(CS)NC(=O)C(N)C(C)C)C(=O)NCC(=O)O. The largest absolute Gasteiger partial charge is 0.480 e. The van der Waals surface area contributed by atoms with Crippen LogP contribution in [0.25, 0.3) is 0 Å². The maximum absolute atomic E-state index is 12.4. The van der Waals surface area contributed by atoms with Crippen LogP contribution in [0.15, 0.2) is 0 Å². The van der Waals surface area contributed by atoms with Crippen LogP contribution in [-0.2, 0) is 19.2 Å². The third-order valence-electron chi connectivity index (χ3n) is 3.49. The van der Waals surface area contributed by atoms with Crippen molar-refractivity contribution in [3.63, 3.8) is 0 Å². The van der Waals surface area contributed by atoms with Gasteiger partial charge in [0.2, 0.25) is 17.7 Å². The summed E-state index contributed by atoms with van der Waals surface area (Å²) >= 11 is 5.55. The van der Waals surface area contributed by atoms with Crippen LogP contribution in [0.5, 0.6) is 0 Å².